The summed E-state index contributed by atoms with van der Waals surface area (Å²) in [5.41, 5.74) is -0.668. The molecule has 2 aliphatic rings. The molecule has 3 amide bonds. The predicted molar refractivity (Wildman–Crippen MR) is 51.7 cm³/mol. The summed E-state index contributed by atoms with van der Waals surface area (Å²) in [7, 11) is 0. The monoisotopic (exact) mass is 196 g/mol. The van der Waals surface area contributed by atoms with Gasteiger partial charge in [-0.05, 0) is 33.6 Å². The Morgan fingerprint density at radius 3 is 2.29 bits per heavy atom. The third-order valence-corrected chi connectivity index (χ3v) is 2.96. The molecule has 1 N–H and O–H groups in total. The molecule has 78 valence electrons. The number of imide groups is 1. The lowest BCUT2D eigenvalue weighted by atomic mass is 9.97. The summed E-state index contributed by atoms with van der Waals surface area (Å²) < 4.78 is 0. The van der Waals surface area contributed by atoms with Crippen molar-refractivity contribution in [1.82, 2.24) is 10.2 Å². The van der Waals surface area contributed by atoms with E-state index < -0.39 is 5.54 Å². The Balaban J connectivity index is 2.29. The van der Waals surface area contributed by atoms with Crippen LogP contribution in [0.15, 0.2) is 0 Å². The largest absolute Gasteiger partial charge is 0.337 e. The number of rotatable bonds is 0. The number of carbonyl (C=O) groups is 2. The van der Waals surface area contributed by atoms with Crippen LogP contribution in [0.1, 0.15) is 33.6 Å². The van der Waals surface area contributed by atoms with E-state index in [0.717, 1.165) is 12.8 Å². The number of carbonyl (C=O) groups excluding carboxylic acids is 2. The van der Waals surface area contributed by atoms with Crippen LogP contribution >= 0.6 is 0 Å². The summed E-state index contributed by atoms with van der Waals surface area (Å²) in [6, 6.07) is -0.250. The second-order valence-corrected chi connectivity index (χ2v) is 5.25. The summed E-state index contributed by atoms with van der Waals surface area (Å²) in [6.45, 7) is 6.17. The highest BCUT2D eigenvalue weighted by Crippen LogP contribution is 2.49. The Kier molecular flexibility index (Phi) is 1.69. The maximum absolute atomic E-state index is 12.0. The van der Waals surface area contributed by atoms with Crippen LogP contribution in [0, 0.1) is 5.41 Å². The summed E-state index contributed by atoms with van der Waals surface area (Å²) >= 11 is 0. The van der Waals surface area contributed by atoms with E-state index >= 15 is 0 Å². The van der Waals surface area contributed by atoms with Gasteiger partial charge in [-0.2, -0.15) is 0 Å². The average Bonchev–Trinajstić information content (AvgIpc) is 2.77. The fourth-order valence-electron chi connectivity index (χ4n) is 1.88. The maximum atomic E-state index is 12.0. The predicted octanol–water partition coefficient (Wildman–Crippen LogP) is 1.12. The number of amides is 3. The Morgan fingerprint density at radius 1 is 1.29 bits per heavy atom. The molecule has 0 aromatic heterocycles. The van der Waals surface area contributed by atoms with Crippen molar-refractivity contribution >= 4 is 11.9 Å². The van der Waals surface area contributed by atoms with Crippen molar-refractivity contribution < 1.29 is 9.59 Å². The molecular formula is C10H16N2O2. The molecule has 2 rings (SSSR count). The fraction of sp³-hybridized carbons (Fsp3) is 0.800. The van der Waals surface area contributed by atoms with Gasteiger partial charge in [0, 0.05) is 12.1 Å². The van der Waals surface area contributed by atoms with Gasteiger partial charge in [-0.1, -0.05) is 0 Å². The molecule has 1 aliphatic heterocycles. The quantitative estimate of drug-likeness (QED) is 0.631. The van der Waals surface area contributed by atoms with E-state index in [9.17, 15) is 9.59 Å². The Morgan fingerprint density at radius 2 is 1.86 bits per heavy atom. The molecular weight excluding hydrogens is 180 g/mol. The lowest BCUT2D eigenvalue weighted by Gasteiger charge is -2.40. The van der Waals surface area contributed by atoms with E-state index in [1.807, 2.05) is 20.8 Å². The molecule has 0 unspecified atom stereocenters. The van der Waals surface area contributed by atoms with Gasteiger partial charge < -0.3 is 5.32 Å². The van der Waals surface area contributed by atoms with Gasteiger partial charge in [-0.15, -0.1) is 0 Å². The standard InChI is InChI=1S/C10H16N2O2/c1-9(2,3)12-7(13)10(4-5-10)6-11-8(12)14/h4-6H2,1-3H3,(H,11,14). The number of hydrogen-bond acceptors (Lipinski definition) is 2. The smallest absolute Gasteiger partial charge is 0.324 e. The van der Waals surface area contributed by atoms with Crippen molar-refractivity contribution in [3.63, 3.8) is 0 Å². The highest BCUT2D eigenvalue weighted by molar-refractivity contribution is 6.02. The highest BCUT2D eigenvalue weighted by atomic mass is 16.2. The summed E-state index contributed by atoms with van der Waals surface area (Å²) in [4.78, 5) is 25.0. The Labute approximate surface area is 83.6 Å². The molecule has 4 nitrogen and oxygen atoms in total. The van der Waals surface area contributed by atoms with Crippen LogP contribution in [0.5, 0.6) is 0 Å². The SMILES string of the molecule is CC(C)(C)N1C(=O)NCC2(CC2)C1=O. The molecule has 0 bridgehead atoms. The number of nitrogens with one attached hydrogen (secondary N) is 1. The summed E-state index contributed by atoms with van der Waals surface area (Å²) in [6.07, 6.45) is 1.83. The first kappa shape index (κ1) is 9.49. The minimum absolute atomic E-state index is 0.00810. The van der Waals surface area contributed by atoms with Crippen LogP contribution < -0.4 is 5.32 Å². The molecule has 0 radical (unpaired) electrons. The fourth-order valence-corrected chi connectivity index (χ4v) is 1.88. The van der Waals surface area contributed by atoms with Gasteiger partial charge in [0.05, 0.1) is 5.41 Å². The summed E-state index contributed by atoms with van der Waals surface area (Å²) in [5, 5.41) is 2.79. The minimum atomic E-state index is -0.419. The first-order valence-electron chi connectivity index (χ1n) is 4.99. The first-order valence-corrected chi connectivity index (χ1v) is 4.99. The molecule has 0 atom stereocenters. The van der Waals surface area contributed by atoms with E-state index in [0.29, 0.717) is 6.54 Å². The van der Waals surface area contributed by atoms with Crippen molar-refractivity contribution in [3.8, 4) is 0 Å². The van der Waals surface area contributed by atoms with Crippen molar-refractivity contribution in [3.05, 3.63) is 0 Å². The van der Waals surface area contributed by atoms with Gasteiger partial charge in [0.25, 0.3) is 0 Å². The lowest BCUT2D eigenvalue weighted by Crippen LogP contribution is -2.62. The van der Waals surface area contributed by atoms with Crippen molar-refractivity contribution in [2.24, 2.45) is 5.41 Å². The van der Waals surface area contributed by atoms with Crippen LogP contribution in [0.2, 0.25) is 0 Å². The molecule has 14 heavy (non-hydrogen) atoms. The van der Waals surface area contributed by atoms with Crippen molar-refractivity contribution in [1.29, 1.82) is 0 Å². The third-order valence-electron chi connectivity index (χ3n) is 2.96. The van der Waals surface area contributed by atoms with E-state index in [1.54, 1.807) is 0 Å². The Bertz CT molecular complexity index is 300. The van der Waals surface area contributed by atoms with Crippen LogP contribution in [-0.4, -0.2) is 28.9 Å². The van der Waals surface area contributed by atoms with E-state index in [2.05, 4.69) is 5.32 Å². The van der Waals surface area contributed by atoms with Crippen LogP contribution in [0.4, 0.5) is 4.79 Å². The van der Waals surface area contributed by atoms with E-state index in [1.165, 1.54) is 4.90 Å². The lowest BCUT2D eigenvalue weighted by molar-refractivity contribution is -0.139. The molecule has 0 aromatic rings. The molecule has 4 heteroatoms. The van der Waals surface area contributed by atoms with E-state index in [4.69, 9.17) is 0 Å². The second-order valence-electron chi connectivity index (χ2n) is 5.25. The van der Waals surface area contributed by atoms with Gasteiger partial charge in [0.15, 0.2) is 0 Å². The maximum Gasteiger partial charge on any atom is 0.324 e. The third kappa shape index (κ3) is 1.21. The molecule has 1 saturated heterocycles. The van der Waals surface area contributed by atoms with E-state index in [-0.39, 0.29) is 17.4 Å². The topological polar surface area (TPSA) is 49.4 Å². The van der Waals surface area contributed by atoms with Crippen molar-refractivity contribution in [2.45, 2.75) is 39.2 Å². The van der Waals surface area contributed by atoms with Gasteiger partial charge in [-0.3, -0.25) is 9.69 Å². The van der Waals surface area contributed by atoms with Gasteiger partial charge in [0.1, 0.15) is 0 Å². The normalized spacial score (nSPS) is 25.2. The van der Waals surface area contributed by atoms with Gasteiger partial charge >= 0.3 is 6.03 Å². The Hall–Kier alpha value is -1.06. The summed E-state index contributed by atoms with van der Waals surface area (Å²) in [5.74, 6) is 0.00810. The molecule has 0 aromatic carbocycles. The average molecular weight is 196 g/mol. The molecule has 1 saturated carbocycles. The number of nitrogens with zero attached hydrogens (tertiary/aromatic N) is 1. The molecule has 1 heterocycles. The molecule has 2 fully saturated rings. The minimum Gasteiger partial charge on any atom is -0.337 e. The zero-order valence-electron chi connectivity index (χ0n) is 8.89. The first-order chi connectivity index (χ1) is 6.37. The van der Waals surface area contributed by atoms with Crippen LogP contribution in [0.25, 0.3) is 0 Å². The molecule has 1 aliphatic carbocycles. The molecule has 1 spiro atoms. The van der Waals surface area contributed by atoms with Crippen LogP contribution in [0.3, 0.4) is 0 Å². The van der Waals surface area contributed by atoms with Crippen molar-refractivity contribution in [2.75, 3.05) is 6.54 Å². The van der Waals surface area contributed by atoms with Crippen LogP contribution in [-0.2, 0) is 4.79 Å². The van der Waals surface area contributed by atoms with Gasteiger partial charge in [0.2, 0.25) is 5.91 Å². The number of hydrogen-bond donors (Lipinski definition) is 1. The van der Waals surface area contributed by atoms with Gasteiger partial charge in [-0.25, -0.2) is 4.79 Å². The second kappa shape index (κ2) is 2.49. The number of urea groups is 1. The zero-order chi connectivity index (χ0) is 10.6. The highest BCUT2D eigenvalue weighted by Gasteiger charge is 2.57. The zero-order valence-corrected chi connectivity index (χ0v) is 8.89.